The molecule has 0 radical (unpaired) electrons. The fourth-order valence-corrected chi connectivity index (χ4v) is 6.18. The number of hydrogen-bond donors (Lipinski definition) is 5. The zero-order valence-corrected chi connectivity index (χ0v) is 21.7. The first-order valence-electron chi connectivity index (χ1n) is 11.7. The molecule has 3 aliphatic rings. The van der Waals surface area contributed by atoms with Crippen LogP contribution in [0.15, 0.2) is 51.7 Å². The normalized spacial score (nSPS) is 25.0. The third kappa shape index (κ3) is 3.50. The highest BCUT2D eigenvalue weighted by Crippen LogP contribution is 2.54. The standard InChI is InChI=1S/C27H25BrN2O7/c1-30(2)17-10-15(11-3-5-14(28)6-4-11)22(32)20-16(17)8-12-7-13-9-18(31)21(26(29)36)25(35)27(13,37)24(34)19(12)23(20)33/h3-6,10,12-13,32-33,35,37H,7-9H2,1-2H3,(H2,29,36)/t12-,13+,27+/m1/s1. The maximum Gasteiger partial charge on any atom is 0.255 e. The Morgan fingerprint density at radius 1 is 1.11 bits per heavy atom. The molecule has 0 bridgehead atoms. The lowest BCUT2D eigenvalue weighted by Gasteiger charge is -2.46. The van der Waals surface area contributed by atoms with E-state index in [4.69, 9.17) is 5.73 Å². The van der Waals surface area contributed by atoms with E-state index in [1.165, 1.54) is 0 Å². The minimum absolute atomic E-state index is 0.0660. The van der Waals surface area contributed by atoms with Crippen LogP contribution in [-0.2, 0) is 20.8 Å². The third-order valence-electron chi connectivity index (χ3n) is 7.68. The number of phenolic OH excluding ortho intramolecular Hbond substituents is 1. The number of nitrogens with zero attached hydrogens (tertiary/aromatic N) is 1. The number of aliphatic hydroxyl groups excluding tert-OH is 2. The Hall–Kier alpha value is -3.63. The highest BCUT2D eigenvalue weighted by molar-refractivity contribution is 9.10. The predicted octanol–water partition coefficient (Wildman–Crippen LogP) is 2.92. The number of rotatable bonds is 3. The fraction of sp³-hybridized carbons (Fsp3) is 0.296. The van der Waals surface area contributed by atoms with Crippen molar-refractivity contribution in [3.8, 4) is 16.9 Å². The van der Waals surface area contributed by atoms with Gasteiger partial charge in [0.25, 0.3) is 5.91 Å². The lowest BCUT2D eigenvalue weighted by molar-refractivity contribution is -0.147. The Labute approximate surface area is 220 Å². The van der Waals surface area contributed by atoms with Crippen LogP contribution in [0.5, 0.6) is 5.75 Å². The highest BCUT2D eigenvalue weighted by Gasteiger charge is 2.60. The van der Waals surface area contributed by atoms with Crippen molar-refractivity contribution in [2.24, 2.45) is 17.6 Å². The smallest absolute Gasteiger partial charge is 0.255 e. The first-order chi connectivity index (χ1) is 17.4. The summed E-state index contributed by atoms with van der Waals surface area (Å²) in [5.74, 6) is -6.42. The number of carbonyl (C=O) groups is 3. The first kappa shape index (κ1) is 25.0. The SMILES string of the molecule is CN(C)c1cc(-c2ccc(Br)cc2)c(O)c2c1C[C@H]1C[C@H]3CC(=O)C(C(N)=O)=C(O)[C@@]3(O)C(=O)C1=C2O. The lowest BCUT2D eigenvalue weighted by atomic mass is 9.59. The maximum atomic E-state index is 13.7. The Bertz CT molecular complexity index is 1460. The molecule has 1 amide bonds. The van der Waals surface area contributed by atoms with Gasteiger partial charge in [0.1, 0.15) is 22.8 Å². The van der Waals surface area contributed by atoms with Crippen LogP contribution in [0.2, 0.25) is 0 Å². The van der Waals surface area contributed by atoms with E-state index in [-0.39, 0.29) is 36.1 Å². The Kier molecular flexibility index (Phi) is 5.72. The number of fused-ring (bicyclic) bond motifs is 3. The van der Waals surface area contributed by atoms with Crippen molar-refractivity contribution in [1.29, 1.82) is 0 Å². The van der Waals surface area contributed by atoms with E-state index in [9.17, 15) is 34.8 Å². The molecule has 0 aromatic heterocycles. The summed E-state index contributed by atoms with van der Waals surface area (Å²) < 4.78 is 0.846. The molecule has 1 saturated carbocycles. The molecule has 0 spiro atoms. The van der Waals surface area contributed by atoms with Crippen LogP contribution < -0.4 is 10.6 Å². The van der Waals surface area contributed by atoms with Crippen molar-refractivity contribution in [2.45, 2.75) is 24.9 Å². The number of aromatic hydroxyl groups is 1. The molecule has 2 aromatic carbocycles. The van der Waals surface area contributed by atoms with Crippen molar-refractivity contribution in [3.05, 3.63) is 62.8 Å². The number of hydrogen-bond acceptors (Lipinski definition) is 8. The molecule has 6 N–H and O–H groups in total. The van der Waals surface area contributed by atoms with Gasteiger partial charge in [-0.25, -0.2) is 0 Å². The zero-order chi connectivity index (χ0) is 27.0. The van der Waals surface area contributed by atoms with Crippen LogP contribution in [0.1, 0.15) is 24.0 Å². The van der Waals surface area contributed by atoms with Crippen LogP contribution in [-0.4, -0.2) is 57.6 Å². The van der Waals surface area contributed by atoms with Crippen molar-refractivity contribution in [1.82, 2.24) is 0 Å². The van der Waals surface area contributed by atoms with Gasteiger partial charge in [-0.05, 0) is 48.1 Å². The quantitative estimate of drug-likeness (QED) is 0.353. The molecule has 37 heavy (non-hydrogen) atoms. The summed E-state index contributed by atoms with van der Waals surface area (Å²) in [5, 5.41) is 44.9. The van der Waals surface area contributed by atoms with Crippen LogP contribution in [0.4, 0.5) is 5.69 Å². The lowest BCUT2D eigenvalue weighted by Crippen LogP contribution is -2.58. The zero-order valence-electron chi connectivity index (χ0n) is 20.1. The second kappa shape index (κ2) is 8.46. The van der Waals surface area contributed by atoms with E-state index in [0.29, 0.717) is 16.7 Å². The van der Waals surface area contributed by atoms with Gasteiger partial charge in [-0.2, -0.15) is 0 Å². The summed E-state index contributed by atoms with van der Waals surface area (Å²) >= 11 is 3.39. The molecule has 3 atom stereocenters. The maximum absolute atomic E-state index is 13.7. The van der Waals surface area contributed by atoms with E-state index < -0.39 is 52.0 Å². The number of benzene rings is 2. The number of carbonyl (C=O) groups excluding carboxylic acids is 3. The molecule has 2 aromatic rings. The van der Waals surface area contributed by atoms with E-state index in [1.54, 1.807) is 12.1 Å². The van der Waals surface area contributed by atoms with E-state index >= 15 is 0 Å². The van der Waals surface area contributed by atoms with Crippen molar-refractivity contribution >= 4 is 44.9 Å². The number of ketones is 2. The number of halogens is 1. The van der Waals surface area contributed by atoms with Gasteiger partial charge in [0.05, 0.1) is 5.56 Å². The number of anilines is 1. The Balaban J connectivity index is 1.75. The summed E-state index contributed by atoms with van der Waals surface area (Å²) in [6, 6.07) is 9.04. The summed E-state index contributed by atoms with van der Waals surface area (Å²) in [5.41, 5.74) is 4.21. The molecule has 5 rings (SSSR count). The molecular weight excluding hydrogens is 544 g/mol. The Morgan fingerprint density at radius 2 is 1.76 bits per heavy atom. The number of aliphatic hydroxyl groups is 3. The molecule has 0 aliphatic heterocycles. The van der Waals surface area contributed by atoms with Crippen LogP contribution in [0.25, 0.3) is 16.9 Å². The number of primary amides is 1. The topological polar surface area (TPSA) is 161 Å². The molecule has 3 aliphatic carbocycles. The molecule has 192 valence electrons. The minimum Gasteiger partial charge on any atom is -0.508 e. The molecule has 1 fully saturated rings. The van der Waals surface area contributed by atoms with E-state index in [0.717, 1.165) is 10.2 Å². The summed E-state index contributed by atoms with van der Waals surface area (Å²) in [6.07, 6.45) is -0.0165. The van der Waals surface area contributed by atoms with Crippen molar-refractivity contribution in [2.75, 3.05) is 19.0 Å². The fourth-order valence-electron chi connectivity index (χ4n) is 5.92. The number of phenols is 1. The van der Waals surface area contributed by atoms with Gasteiger partial charge in [-0.15, -0.1) is 0 Å². The largest absolute Gasteiger partial charge is 0.508 e. The van der Waals surface area contributed by atoms with Crippen LogP contribution in [0, 0.1) is 11.8 Å². The summed E-state index contributed by atoms with van der Waals surface area (Å²) in [4.78, 5) is 39.9. The van der Waals surface area contributed by atoms with Gasteiger partial charge in [-0.1, -0.05) is 28.1 Å². The van der Waals surface area contributed by atoms with Crippen LogP contribution in [0.3, 0.4) is 0 Å². The minimum atomic E-state index is -2.58. The average molecular weight is 569 g/mol. The number of nitrogens with two attached hydrogens (primary N) is 1. The third-order valence-corrected chi connectivity index (χ3v) is 8.21. The Morgan fingerprint density at radius 3 is 2.35 bits per heavy atom. The van der Waals surface area contributed by atoms with Gasteiger partial charge in [0.2, 0.25) is 5.78 Å². The summed E-state index contributed by atoms with van der Waals surface area (Å²) in [7, 11) is 3.65. The van der Waals surface area contributed by atoms with E-state index in [2.05, 4.69) is 15.9 Å². The molecular formula is C27H25BrN2O7. The molecule has 9 nitrogen and oxygen atoms in total. The second-order valence-electron chi connectivity index (χ2n) is 9.95. The van der Waals surface area contributed by atoms with E-state index in [1.807, 2.05) is 37.2 Å². The van der Waals surface area contributed by atoms with Crippen molar-refractivity contribution < 1.29 is 34.8 Å². The highest BCUT2D eigenvalue weighted by atomic mass is 79.9. The predicted molar refractivity (Wildman–Crippen MR) is 139 cm³/mol. The number of amides is 1. The van der Waals surface area contributed by atoms with Gasteiger partial charge in [0, 0.05) is 47.7 Å². The van der Waals surface area contributed by atoms with Gasteiger partial charge >= 0.3 is 0 Å². The van der Waals surface area contributed by atoms with Gasteiger partial charge in [0.15, 0.2) is 11.4 Å². The monoisotopic (exact) mass is 568 g/mol. The molecule has 0 unspecified atom stereocenters. The molecule has 0 saturated heterocycles. The molecule has 0 heterocycles. The van der Waals surface area contributed by atoms with Crippen molar-refractivity contribution in [3.63, 3.8) is 0 Å². The van der Waals surface area contributed by atoms with Gasteiger partial charge in [-0.3, -0.25) is 14.4 Å². The van der Waals surface area contributed by atoms with Crippen LogP contribution >= 0.6 is 15.9 Å². The average Bonchev–Trinajstić information content (AvgIpc) is 2.82. The van der Waals surface area contributed by atoms with Gasteiger partial charge < -0.3 is 31.1 Å². The second-order valence-corrected chi connectivity index (χ2v) is 10.9. The summed E-state index contributed by atoms with van der Waals surface area (Å²) in [6.45, 7) is 0. The first-order valence-corrected chi connectivity index (χ1v) is 12.5. The molecule has 10 heteroatoms. The number of Topliss-reactive ketones (excluding diaryl/α,β-unsaturated/α-hetero) is 2.